The molecule has 116 valence electrons. The lowest BCUT2D eigenvalue weighted by Gasteiger charge is -2.00. The number of thiazole rings is 2. The summed E-state index contributed by atoms with van der Waals surface area (Å²) in [5, 5.41) is 4.53. The number of aromatic nitrogens is 2. The van der Waals surface area contributed by atoms with Crippen molar-refractivity contribution >= 4 is 53.4 Å². The summed E-state index contributed by atoms with van der Waals surface area (Å²) in [6, 6.07) is 10.8. The van der Waals surface area contributed by atoms with Crippen LogP contribution < -0.4 is 10.1 Å². The van der Waals surface area contributed by atoms with Crippen molar-refractivity contribution in [2.45, 2.75) is 6.92 Å². The quantitative estimate of drug-likeness (QED) is 0.553. The number of benzene rings is 2. The number of halogens is 1. The fourth-order valence-electron chi connectivity index (χ4n) is 2.27. The van der Waals surface area contributed by atoms with Crippen molar-refractivity contribution in [3.8, 4) is 5.75 Å². The number of para-hydroxylation sites is 1. The molecule has 2 aromatic carbocycles. The maximum absolute atomic E-state index is 13.7. The van der Waals surface area contributed by atoms with Crippen LogP contribution in [0.3, 0.4) is 0 Å². The predicted octanol–water partition coefficient (Wildman–Crippen LogP) is 5.19. The van der Waals surface area contributed by atoms with Crippen LogP contribution in [-0.2, 0) is 0 Å². The average Bonchev–Trinajstić information content (AvgIpc) is 3.11. The average molecular weight is 345 g/mol. The highest BCUT2D eigenvalue weighted by Crippen LogP contribution is 2.34. The summed E-state index contributed by atoms with van der Waals surface area (Å²) in [4.78, 5) is 8.83. The normalized spacial score (nSPS) is 11.2. The highest BCUT2D eigenvalue weighted by atomic mass is 32.1. The second-order valence-electron chi connectivity index (χ2n) is 4.81. The van der Waals surface area contributed by atoms with E-state index >= 15 is 0 Å². The van der Waals surface area contributed by atoms with Crippen molar-refractivity contribution in [1.29, 1.82) is 0 Å². The molecule has 4 rings (SSSR count). The molecule has 4 aromatic rings. The first-order chi connectivity index (χ1) is 11.2. The van der Waals surface area contributed by atoms with Crippen LogP contribution in [0.4, 0.5) is 14.7 Å². The van der Waals surface area contributed by atoms with E-state index in [0.717, 1.165) is 25.8 Å². The van der Waals surface area contributed by atoms with Gasteiger partial charge in [0.2, 0.25) is 0 Å². The standard InChI is InChI=1S/C16H12FN3OS2/c1-2-21-9-6-7-11-13(8-9)23-15(18-11)20-16-19-14-10(17)4-3-5-12(14)22-16/h3-8H,2H2,1H3,(H,18,19,20). The summed E-state index contributed by atoms with van der Waals surface area (Å²) in [6.07, 6.45) is 0. The Morgan fingerprint density at radius 3 is 2.74 bits per heavy atom. The third kappa shape index (κ3) is 2.73. The Bertz CT molecular complexity index is 995. The van der Waals surface area contributed by atoms with E-state index in [1.807, 2.05) is 31.2 Å². The predicted molar refractivity (Wildman–Crippen MR) is 93.6 cm³/mol. The fraction of sp³-hybridized carbons (Fsp3) is 0.125. The van der Waals surface area contributed by atoms with Gasteiger partial charge in [-0.25, -0.2) is 14.4 Å². The van der Waals surface area contributed by atoms with Gasteiger partial charge in [-0.3, -0.25) is 0 Å². The van der Waals surface area contributed by atoms with Crippen molar-refractivity contribution in [3.63, 3.8) is 0 Å². The van der Waals surface area contributed by atoms with Crippen molar-refractivity contribution < 1.29 is 9.13 Å². The first-order valence-corrected chi connectivity index (χ1v) is 8.71. The summed E-state index contributed by atoms with van der Waals surface area (Å²) in [5.41, 5.74) is 1.29. The first kappa shape index (κ1) is 14.3. The largest absolute Gasteiger partial charge is 0.494 e. The van der Waals surface area contributed by atoms with Gasteiger partial charge in [0.25, 0.3) is 0 Å². The van der Waals surface area contributed by atoms with E-state index in [0.29, 0.717) is 17.3 Å². The Kier molecular flexibility index (Phi) is 3.59. The summed E-state index contributed by atoms with van der Waals surface area (Å²) >= 11 is 2.92. The molecular weight excluding hydrogens is 333 g/mol. The molecule has 4 nitrogen and oxygen atoms in total. The van der Waals surface area contributed by atoms with E-state index in [1.165, 1.54) is 28.7 Å². The topological polar surface area (TPSA) is 47.0 Å². The number of hydrogen-bond donors (Lipinski definition) is 1. The number of nitrogens with one attached hydrogen (secondary N) is 1. The van der Waals surface area contributed by atoms with E-state index in [-0.39, 0.29) is 5.82 Å². The summed E-state index contributed by atoms with van der Waals surface area (Å²) in [7, 11) is 0. The number of ether oxygens (including phenoxy) is 1. The molecule has 0 radical (unpaired) electrons. The molecule has 0 aliphatic heterocycles. The lowest BCUT2D eigenvalue weighted by Crippen LogP contribution is -1.90. The third-order valence-electron chi connectivity index (χ3n) is 3.25. The molecule has 0 spiro atoms. The zero-order valence-corrected chi connectivity index (χ0v) is 13.8. The maximum Gasteiger partial charge on any atom is 0.190 e. The van der Waals surface area contributed by atoms with Gasteiger partial charge < -0.3 is 10.1 Å². The highest BCUT2D eigenvalue weighted by molar-refractivity contribution is 7.24. The molecule has 0 amide bonds. The number of nitrogens with zero attached hydrogens (tertiary/aromatic N) is 2. The molecule has 0 saturated heterocycles. The van der Waals surface area contributed by atoms with Crippen molar-refractivity contribution in [2.75, 3.05) is 11.9 Å². The summed E-state index contributed by atoms with van der Waals surface area (Å²) in [6.45, 7) is 2.59. The van der Waals surface area contributed by atoms with Crippen molar-refractivity contribution in [3.05, 3.63) is 42.2 Å². The molecule has 2 aromatic heterocycles. The Morgan fingerprint density at radius 2 is 1.91 bits per heavy atom. The monoisotopic (exact) mass is 345 g/mol. The van der Waals surface area contributed by atoms with Crippen LogP contribution in [0.15, 0.2) is 36.4 Å². The second kappa shape index (κ2) is 5.75. The first-order valence-electron chi connectivity index (χ1n) is 7.08. The van der Waals surface area contributed by atoms with Gasteiger partial charge in [-0.15, -0.1) is 0 Å². The van der Waals surface area contributed by atoms with Gasteiger partial charge in [0.05, 0.1) is 21.5 Å². The van der Waals surface area contributed by atoms with Crippen LogP contribution in [0.2, 0.25) is 0 Å². The van der Waals surface area contributed by atoms with Gasteiger partial charge in [-0.2, -0.15) is 0 Å². The van der Waals surface area contributed by atoms with Gasteiger partial charge >= 0.3 is 0 Å². The van der Waals surface area contributed by atoms with Gasteiger partial charge in [0, 0.05) is 0 Å². The molecule has 0 aliphatic carbocycles. The van der Waals surface area contributed by atoms with Crippen LogP contribution in [-0.4, -0.2) is 16.6 Å². The highest BCUT2D eigenvalue weighted by Gasteiger charge is 2.10. The number of fused-ring (bicyclic) bond motifs is 2. The molecule has 1 N–H and O–H groups in total. The van der Waals surface area contributed by atoms with E-state index in [9.17, 15) is 4.39 Å². The number of anilines is 2. The molecule has 0 unspecified atom stereocenters. The Morgan fingerprint density at radius 1 is 1.09 bits per heavy atom. The number of rotatable bonds is 4. The molecule has 7 heteroatoms. The zero-order valence-electron chi connectivity index (χ0n) is 12.2. The number of hydrogen-bond acceptors (Lipinski definition) is 6. The summed E-state index contributed by atoms with van der Waals surface area (Å²) in [5.74, 6) is 0.523. The maximum atomic E-state index is 13.7. The van der Waals surface area contributed by atoms with Gasteiger partial charge in [0.1, 0.15) is 17.1 Å². The minimum absolute atomic E-state index is 0.308. The van der Waals surface area contributed by atoms with Crippen LogP contribution in [0.25, 0.3) is 20.4 Å². The lowest BCUT2D eigenvalue weighted by atomic mass is 10.3. The van der Waals surface area contributed by atoms with E-state index in [1.54, 1.807) is 6.07 Å². The van der Waals surface area contributed by atoms with E-state index in [4.69, 9.17) is 4.74 Å². The fourth-order valence-corrected chi connectivity index (χ4v) is 4.11. The minimum atomic E-state index is -0.308. The van der Waals surface area contributed by atoms with Gasteiger partial charge in [-0.1, -0.05) is 28.7 Å². The Balaban J connectivity index is 1.67. The van der Waals surface area contributed by atoms with Crippen LogP contribution >= 0.6 is 22.7 Å². The third-order valence-corrected chi connectivity index (χ3v) is 5.12. The molecular formula is C16H12FN3OS2. The lowest BCUT2D eigenvalue weighted by molar-refractivity contribution is 0.341. The van der Waals surface area contributed by atoms with Crippen LogP contribution in [0.5, 0.6) is 5.75 Å². The second-order valence-corrected chi connectivity index (χ2v) is 6.87. The molecule has 0 fully saturated rings. The van der Waals surface area contributed by atoms with E-state index < -0.39 is 0 Å². The SMILES string of the molecule is CCOc1ccc2nc(Nc3nc4c(F)cccc4s3)sc2c1. The summed E-state index contributed by atoms with van der Waals surface area (Å²) < 4.78 is 21.1. The van der Waals surface area contributed by atoms with Crippen molar-refractivity contribution in [2.24, 2.45) is 0 Å². The molecule has 0 atom stereocenters. The van der Waals surface area contributed by atoms with Gasteiger partial charge in [-0.05, 0) is 37.3 Å². The minimum Gasteiger partial charge on any atom is -0.494 e. The molecule has 2 heterocycles. The molecule has 0 aliphatic rings. The van der Waals surface area contributed by atoms with Crippen molar-refractivity contribution in [1.82, 2.24) is 9.97 Å². The molecule has 0 saturated carbocycles. The Hall–Kier alpha value is -2.25. The smallest absolute Gasteiger partial charge is 0.190 e. The van der Waals surface area contributed by atoms with Crippen LogP contribution in [0, 0.1) is 5.82 Å². The molecule has 0 bridgehead atoms. The Labute approximate surface area is 139 Å². The van der Waals surface area contributed by atoms with Crippen LogP contribution in [0.1, 0.15) is 6.92 Å². The van der Waals surface area contributed by atoms with Gasteiger partial charge in [0.15, 0.2) is 10.3 Å². The van der Waals surface area contributed by atoms with E-state index in [2.05, 4.69) is 15.3 Å². The molecule has 23 heavy (non-hydrogen) atoms. The zero-order chi connectivity index (χ0) is 15.8.